The third-order valence-electron chi connectivity index (χ3n) is 3.68. The molecule has 3 nitrogen and oxygen atoms in total. The fraction of sp³-hybridized carbons (Fsp3) is 0.471. The van der Waals surface area contributed by atoms with Crippen molar-refractivity contribution in [1.29, 1.82) is 0 Å². The van der Waals surface area contributed by atoms with Crippen LogP contribution in [0, 0.1) is 12.7 Å². The second kappa shape index (κ2) is 7.36. The average molecular weight is 289 g/mol. The molecule has 0 aliphatic rings. The maximum atomic E-state index is 13.5. The lowest BCUT2D eigenvalue weighted by atomic mass is 9.98. The highest BCUT2D eigenvalue weighted by atomic mass is 19.1. The Bertz CT molecular complexity index is 577. The van der Waals surface area contributed by atoms with Crippen molar-refractivity contribution in [3.05, 3.63) is 53.1 Å². The summed E-state index contributed by atoms with van der Waals surface area (Å²) in [5, 5.41) is 7.87. The van der Waals surface area contributed by atoms with E-state index >= 15 is 0 Å². The van der Waals surface area contributed by atoms with E-state index in [1.54, 1.807) is 6.07 Å². The molecule has 1 aromatic heterocycles. The summed E-state index contributed by atoms with van der Waals surface area (Å²) in [5.41, 5.74) is 3.03. The first-order valence-corrected chi connectivity index (χ1v) is 7.64. The summed E-state index contributed by atoms with van der Waals surface area (Å²) >= 11 is 0. The first kappa shape index (κ1) is 15.7. The van der Waals surface area contributed by atoms with Gasteiger partial charge < -0.3 is 5.32 Å². The average Bonchev–Trinajstić information content (AvgIpc) is 2.94. The van der Waals surface area contributed by atoms with E-state index in [2.05, 4.69) is 30.5 Å². The highest BCUT2D eigenvalue weighted by Gasteiger charge is 2.14. The van der Waals surface area contributed by atoms with Crippen LogP contribution in [0.25, 0.3) is 0 Å². The van der Waals surface area contributed by atoms with Gasteiger partial charge in [-0.3, -0.25) is 4.68 Å². The Morgan fingerprint density at radius 2 is 2.14 bits per heavy atom. The van der Waals surface area contributed by atoms with Gasteiger partial charge in [0.05, 0.1) is 6.20 Å². The highest BCUT2D eigenvalue weighted by molar-refractivity contribution is 5.28. The minimum absolute atomic E-state index is 0.146. The molecule has 0 saturated heterocycles. The SMILES string of the molecule is CCCNC(Cc1cnn(CC)c1)c1ccc(F)c(C)c1. The van der Waals surface area contributed by atoms with E-state index in [1.165, 1.54) is 5.56 Å². The monoisotopic (exact) mass is 289 g/mol. The molecule has 0 aliphatic carbocycles. The molecule has 0 amide bonds. The van der Waals surface area contributed by atoms with Crippen molar-refractivity contribution in [2.45, 2.75) is 46.2 Å². The van der Waals surface area contributed by atoms with E-state index in [4.69, 9.17) is 0 Å². The predicted octanol–water partition coefficient (Wildman–Crippen LogP) is 3.63. The number of rotatable bonds is 7. The summed E-state index contributed by atoms with van der Waals surface area (Å²) in [6.45, 7) is 7.86. The lowest BCUT2D eigenvalue weighted by Crippen LogP contribution is -2.24. The number of hydrogen-bond donors (Lipinski definition) is 1. The Morgan fingerprint density at radius 3 is 2.76 bits per heavy atom. The molecular weight excluding hydrogens is 265 g/mol. The van der Waals surface area contributed by atoms with Crippen molar-refractivity contribution < 1.29 is 4.39 Å². The van der Waals surface area contributed by atoms with E-state index in [1.807, 2.05) is 29.9 Å². The number of aromatic nitrogens is 2. The molecule has 2 rings (SSSR count). The van der Waals surface area contributed by atoms with E-state index in [0.717, 1.165) is 31.5 Å². The van der Waals surface area contributed by atoms with Crippen LogP contribution in [-0.4, -0.2) is 16.3 Å². The number of aryl methyl sites for hydroxylation is 2. The van der Waals surface area contributed by atoms with Crippen molar-refractivity contribution in [2.75, 3.05) is 6.54 Å². The molecule has 0 radical (unpaired) electrons. The fourth-order valence-electron chi connectivity index (χ4n) is 2.43. The first-order chi connectivity index (χ1) is 10.1. The normalized spacial score (nSPS) is 12.6. The molecule has 1 atom stereocenters. The zero-order valence-electron chi connectivity index (χ0n) is 13.1. The van der Waals surface area contributed by atoms with Crippen molar-refractivity contribution in [3.63, 3.8) is 0 Å². The van der Waals surface area contributed by atoms with Crippen LogP contribution in [0.5, 0.6) is 0 Å². The fourth-order valence-corrected chi connectivity index (χ4v) is 2.43. The molecule has 1 N–H and O–H groups in total. The molecule has 4 heteroatoms. The molecular formula is C17H24FN3. The van der Waals surface area contributed by atoms with Gasteiger partial charge in [-0.15, -0.1) is 0 Å². The van der Waals surface area contributed by atoms with Crippen LogP contribution in [0.4, 0.5) is 4.39 Å². The molecule has 21 heavy (non-hydrogen) atoms. The van der Waals surface area contributed by atoms with Gasteiger partial charge in [0.15, 0.2) is 0 Å². The summed E-state index contributed by atoms with van der Waals surface area (Å²) in [5.74, 6) is -0.146. The highest BCUT2D eigenvalue weighted by Crippen LogP contribution is 2.21. The number of benzene rings is 1. The van der Waals surface area contributed by atoms with E-state index < -0.39 is 0 Å². The third kappa shape index (κ3) is 4.14. The lowest BCUT2D eigenvalue weighted by Gasteiger charge is -2.19. The van der Waals surface area contributed by atoms with Gasteiger partial charge in [-0.05, 0) is 56.0 Å². The van der Waals surface area contributed by atoms with Crippen molar-refractivity contribution >= 4 is 0 Å². The Labute approximate surface area is 126 Å². The van der Waals surface area contributed by atoms with Gasteiger partial charge >= 0.3 is 0 Å². The van der Waals surface area contributed by atoms with Crippen LogP contribution in [0.1, 0.15) is 43.0 Å². The van der Waals surface area contributed by atoms with Gasteiger partial charge in [0.25, 0.3) is 0 Å². The maximum Gasteiger partial charge on any atom is 0.126 e. The van der Waals surface area contributed by atoms with Crippen LogP contribution in [-0.2, 0) is 13.0 Å². The summed E-state index contributed by atoms with van der Waals surface area (Å²) < 4.78 is 15.4. The number of hydrogen-bond acceptors (Lipinski definition) is 2. The maximum absolute atomic E-state index is 13.5. The largest absolute Gasteiger partial charge is 0.310 e. The van der Waals surface area contributed by atoms with E-state index in [-0.39, 0.29) is 11.9 Å². The molecule has 2 aromatic rings. The molecule has 1 unspecified atom stereocenters. The van der Waals surface area contributed by atoms with Crippen LogP contribution in [0.15, 0.2) is 30.6 Å². The molecule has 1 heterocycles. The Kier molecular flexibility index (Phi) is 5.51. The minimum atomic E-state index is -0.146. The molecule has 0 saturated carbocycles. The second-order valence-corrected chi connectivity index (χ2v) is 5.42. The zero-order valence-corrected chi connectivity index (χ0v) is 13.1. The topological polar surface area (TPSA) is 29.9 Å². The summed E-state index contributed by atoms with van der Waals surface area (Å²) in [6.07, 6.45) is 5.94. The smallest absolute Gasteiger partial charge is 0.126 e. The van der Waals surface area contributed by atoms with Crippen LogP contribution >= 0.6 is 0 Å². The van der Waals surface area contributed by atoms with Gasteiger partial charge in [-0.2, -0.15) is 5.10 Å². The van der Waals surface area contributed by atoms with Crippen LogP contribution < -0.4 is 5.32 Å². The lowest BCUT2D eigenvalue weighted by molar-refractivity contribution is 0.526. The van der Waals surface area contributed by atoms with Gasteiger partial charge in [-0.1, -0.05) is 19.1 Å². The van der Waals surface area contributed by atoms with Crippen LogP contribution in [0.3, 0.4) is 0 Å². The molecule has 0 bridgehead atoms. The van der Waals surface area contributed by atoms with Gasteiger partial charge in [0.2, 0.25) is 0 Å². The van der Waals surface area contributed by atoms with Gasteiger partial charge in [0.1, 0.15) is 5.82 Å². The van der Waals surface area contributed by atoms with Gasteiger partial charge in [0, 0.05) is 18.8 Å². The summed E-state index contributed by atoms with van der Waals surface area (Å²) in [6, 6.07) is 5.56. The third-order valence-corrected chi connectivity index (χ3v) is 3.68. The first-order valence-electron chi connectivity index (χ1n) is 7.64. The Morgan fingerprint density at radius 1 is 1.33 bits per heavy atom. The van der Waals surface area contributed by atoms with Crippen LogP contribution in [0.2, 0.25) is 0 Å². The molecule has 0 spiro atoms. The molecule has 1 aromatic carbocycles. The standard InChI is InChI=1S/C17H24FN3/c1-4-8-19-17(10-14-11-20-21(5-2)12-14)15-6-7-16(18)13(3)9-15/h6-7,9,11-12,17,19H,4-5,8,10H2,1-3H3. The Hall–Kier alpha value is -1.68. The summed E-state index contributed by atoms with van der Waals surface area (Å²) in [7, 11) is 0. The van der Waals surface area contributed by atoms with E-state index in [9.17, 15) is 4.39 Å². The molecule has 0 aliphatic heterocycles. The molecule has 114 valence electrons. The summed E-state index contributed by atoms with van der Waals surface area (Å²) in [4.78, 5) is 0. The number of nitrogens with one attached hydrogen (secondary N) is 1. The number of nitrogens with zero attached hydrogens (tertiary/aromatic N) is 2. The predicted molar refractivity (Wildman–Crippen MR) is 83.8 cm³/mol. The minimum Gasteiger partial charge on any atom is -0.310 e. The quantitative estimate of drug-likeness (QED) is 0.843. The Balaban J connectivity index is 2.18. The molecule has 0 fully saturated rings. The van der Waals surface area contributed by atoms with Gasteiger partial charge in [-0.25, -0.2) is 4.39 Å². The van der Waals surface area contributed by atoms with Crippen molar-refractivity contribution in [2.24, 2.45) is 0 Å². The van der Waals surface area contributed by atoms with Crippen molar-refractivity contribution in [1.82, 2.24) is 15.1 Å². The zero-order chi connectivity index (χ0) is 15.2. The van der Waals surface area contributed by atoms with E-state index in [0.29, 0.717) is 5.56 Å². The van der Waals surface area contributed by atoms with Crippen molar-refractivity contribution in [3.8, 4) is 0 Å². The number of halogens is 1. The second-order valence-electron chi connectivity index (χ2n) is 5.42.